The number of benzene rings is 1. The number of aliphatic hydroxyl groups is 1. The Kier molecular flexibility index (Phi) is 5.79. The number of anilines is 1. The third kappa shape index (κ3) is 5.28. The van der Waals surface area contributed by atoms with Gasteiger partial charge in [-0.25, -0.2) is 4.79 Å². The molecule has 106 valence electrons. The smallest absolute Gasteiger partial charge is 0.321 e. The fourth-order valence-corrected chi connectivity index (χ4v) is 1.55. The molecule has 0 bridgehead atoms. The maximum Gasteiger partial charge on any atom is 0.321 e. The summed E-state index contributed by atoms with van der Waals surface area (Å²) in [6.07, 6.45) is -0.539. The highest BCUT2D eigenvalue weighted by atomic mass is 16.3. The summed E-state index contributed by atoms with van der Waals surface area (Å²) in [5.74, 6) is 0. The third-order valence-electron chi connectivity index (χ3n) is 2.85. The molecule has 2 N–H and O–H groups in total. The summed E-state index contributed by atoms with van der Waals surface area (Å²) in [5.41, 5.74) is 1.48. The molecule has 1 atom stereocenters. The standard InChI is InChI=1S/C14H23N3O2/c1-11(18)12-6-5-7-13(10-12)15-14(19)17(4)9-8-16(2)3/h5-7,10-11,18H,8-9H2,1-4H3,(H,15,19). The maximum atomic E-state index is 11.9. The van der Waals surface area contributed by atoms with Crippen LogP contribution in [0.2, 0.25) is 0 Å². The highest BCUT2D eigenvalue weighted by Gasteiger charge is 2.09. The molecule has 1 aromatic rings. The molecule has 5 heteroatoms. The van der Waals surface area contributed by atoms with Gasteiger partial charge in [0.2, 0.25) is 0 Å². The highest BCUT2D eigenvalue weighted by molar-refractivity contribution is 5.89. The van der Waals surface area contributed by atoms with E-state index in [2.05, 4.69) is 5.32 Å². The first-order chi connectivity index (χ1) is 8.90. The Balaban J connectivity index is 2.58. The molecular weight excluding hydrogens is 242 g/mol. The predicted octanol–water partition coefficient (Wildman–Crippen LogP) is 1.77. The van der Waals surface area contributed by atoms with Crippen molar-refractivity contribution >= 4 is 11.7 Å². The molecule has 19 heavy (non-hydrogen) atoms. The lowest BCUT2D eigenvalue weighted by Gasteiger charge is -2.20. The number of hydrogen-bond acceptors (Lipinski definition) is 3. The molecule has 0 spiro atoms. The molecule has 0 heterocycles. The van der Waals surface area contributed by atoms with E-state index in [1.54, 1.807) is 24.9 Å². The minimum absolute atomic E-state index is 0.149. The van der Waals surface area contributed by atoms with Gasteiger partial charge in [0, 0.05) is 25.8 Å². The van der Waals surface area contributed by atoms with Crippen LogP contribution < -0.4 is 5.32 Å². The van der Waals surface area contributed by atoms with Crippen molar-refractivity contribution in [2.45, 2.75) is 13.0 Å². The van der Waals surface area contributed by atoms with Crippen molar-refractivity contribution in [2.75, 3.05) is 39.5 Å². The SMILES string of the molecule is CC(O)c1cccc(NC(=O)N(C)CCN(C)C)c1. The van der Waals surface area contributed by atoms with Gasteiger partial charge in [0.05, 0.1) is 6.10 Å². The van der Waals surface area contributed by atoms with Gasteiger partial charge in [0.1, 0.15) is 0 Å². The van der Waals surface area contributed by atoms with Gasteiger partial charge in [-0.1, -0.05) is 12.1 Å². The van der Waals surface area contributed by atoms with E-state index >= 15 is 0 Å². The number of carbonyl (C=O) groups excluding carboxylic acids is 1. The van der Waals surface area contributed by atoms with Gasteiger partial charge in [-0.3, -0.25) is 0 Å². The van der Waals surface area contributed by atoms with Crippen molar-refractivity contribution in [1.82, 2.24) is 9.80 Å². The molecule has 1 rings (SSSR count). The van der Waals surface area contributed by atoms with E-state index < -0.39 is 6.10 Å². The Bertz CT molecular complexity index is 419. The van der Waals surface area contributed by atoms with Crippen LogP contribution in [0, 0.1) is 0 Å². The van der Waals surface area contributed by atoms with Gasteiger partial charge in [0.15, 0.2) is 0 Å². The molecular formula is C14H23N3O2. The molecule has 0 radical (unpaired) electrons. The van der Waals surface area contributed by atoms with Crippen molar-refractivity contribution in [1.29, 1.82) is 0 Å². The van der Waals surface area contributed by atoms with E-state index in [1.165, 1.54) is 0 Å². The molecule has 0 saturated carbocycles. The fourth-order valence-electron chi connectivity index (χ4n) is 1.55. The Morgan fingerprint density at radius 3 is 2.58 bits per heavy atom. The largest absolute Gasteiger partial charge is 0.389 e. The molecule has 0 aromatic heterocycles. The number of hydrogen-bond donors (Lipinski definition) is 2. The summed E-state index contributed by atoms with van der Waals surface area (Å²) in [5, 5.41) is 12.3. The monoisotopic (exact) mass is 265 g/mol. The summed E-state index contributed by atoms with van der Waals surface area (Å²) in [6.45, 7) is 3.18. The lowest BCUT2D eigenvalue weighted by molar-refractivity contribution is 0.199. The van der Waals surface area contributed by atoms with Gasteiger partial charge in [-0.05, 0) is 38.7 Å². The topological polar surface area (TPSA) is 55.8 Å². The molecule has 1 unspecified atom stereocenters. The summed E-state index contributed by atoms with van der Waals surface area (Å²) in [6, 6.07) is 7.09. The predicted molar refractivity (Wildman–Crippen MR) is 77.3 cm³/mol. The molecule has 0 saturated heterocycles. The van der Waals surface area contributed by atoms with Crippen LogP contribution in [0.1, 0.15) is 18.6 Å². The van der Waals surface area contributed by atoms with Gasteiger partial charge in [-0.2, -0.15) is 0 Å². The van der Waals surface area contributed by atoms with Crippen molar-refractivity contribution in [3.05, 3.63) is 29.8 Å². The zero-order chi connectivity index (χ0) is 14.4. The van der Waals surface area contributed by atoms with Gasteiger partial charge >= 0.3 is 6.03 Å². The van der Waals surface area contributed by atoms with E-state index in [1.807, 2.05) is 37.2 Å². The zero-order valence-electron chi connectivity index (χ0n) is 12.1. The molecule has 2 amide bonds. The van der Waals surface area contributed by atoms with Gasteiger partial charge < -0.3 is 20.2 Å². The van der Waals surface area contributed by atoms with E-state index in [4.69, 9.17) is 0 Å². The van der Waals surface area contributed by atoms with Crippen LogP contribution in [0.3, 0.4) is 0 Å². The van der Waals surface area contributed by atoms with Gasteiger partial charge in [0.25, 0.3) is 0 Å². The van der Waals surface area contributed by atoms with E-state index in [0.717, 1.165) is 12.1 Å². The van der Waals surface area contributed by atoms with Crippen LogP contribution in [-0.2, 0) is 0 Å². The second-order valence-corrected chi connectivity index (χ2v) is 4.96. The molecule has 0 fully saturated rings. The van der Waals surface area contributed by atoms with E-state index in [0.29, 0.717) is 12.2 Å². The average molecular weight is 265 g/mol. The maximum absolute atomic E-state index is 11.9. The lowest BCUT2D eigenvalue weighted by Crippen LogP contribution is -2.36. The second kappa shape index (κ2) is 7.11. The number of urea groups is 1. The summed E-state index contributed by atoms with van der Waals surface area (Å²) >= 11 is 0. The number of aliphatic hydroxyl groups excluding tert-OH is 1. The molecule has 1 aromatic carbocycles. The Morgan fingerprint density at radius 2 is 2.00 bits per heavy atom. The quantitative estimate of drug-likeness (QED) is 0.853. The van der Waals surface area contributed by atoms with Crippen LogP contribution in [-0.4, -0.2) is 55.2 Å². The second-order valence-electron chi connectivity index (χ2n) is 4.96. The number of nitrogens with zero attached hydrogens (tertiary/aromatic N) is 2. The lowest BCUT2D eigenvalue weighted by atomic mass is 10.1. The number of likely N-dealkylation sites (N-methyl/N-ethyl adjacent to an activating group) is 2. The van der Waals surface area contributed by atoms with E-state index in [-0.39, 0.29) is 6.03 Å². The summed E-state index contributed by atoms with van der Waals surface area (Å²) in [4.78, 5) is 15.6. The molecule has 0 aliphatic carbocycles. The molecule has 0 aliphatic heterocycles. The number of nitrogens with one attached hydrogen (secondary N) is 1. The van der Waals surface area contributed by atoms with Crippen LogP contribution in [0.5, 0.6) is 0 Å². The number of carbonyl (C=O) groups is 1. The number of amides is 2. The Morgan fingerprint density at radius 1 is 1.32 bits per heavy atom. The zero-order valence-corrected chi connectivity index (χ0v) is 12.1. The van der Waals surface area contributed by atoms with Crippen molar-refractivity contribution in [3.8, 4) is 0 Å². The van der Waals surface area contributed by atoms with E-state index in [9.17, 15) is 9.90 Å². The number of rotatable bonds is 5. The minimum Gasteiger partial charge on any atom is -0.389 e. The summed E-state index contributed by atoms with van der Waals surface area (Å²) in [7, 11) is 5.70. The first-order valence-corrected chi connectivity index (χ1v) is 6.35. The van der Waals surface area contributed by atoms with Gasteiger partial charge in [-0.15, -0.1) is 0 Å². The van der Waals surface area contributed by atoms with Crippen LogP contribution in [0.4, 0.5) is 10.5 Å². The van der Waals surface area contributed by atoms with Crippen LogP contribution in [0.25, 0.3) is 0 Å². The fraction of sp³-hybridized carbons (Fsp3) is 0.500. The average Bonchev–Trinajstić information content (AvgIpc) is 2.36. The van der Waals surface area contributed by atoms with Crippen LogP contribution >= 0.6 is 0 Å². The van der Waals surface area contributed by atoms with Crippen molar-refractivity contribution in [2.24, 2.45) is 0 Å². The minimum atomic E-state index is -0.539. The first-order valence-electron chi connectivity index (χ1n) is 6.35. The highest BCUT2D eigenvalue weighted by Crippen LogP contribution is 2.17. The Labute approximate surface area is 114 Å². The van der Waals surface area contributed by atoms with Crippen molar-refractivity contribution in [3.63, 3.8) is 0 Å². The normalized spacial score (nSPS) is 12.3. The Hall–Kier alpha value is -1.59. The molecule has 5 nitrogen and oxygen atoms in total. The van der Waals surface area contributed by atoms with Crippen molar-refractivity contribution < 1.29 is 9.90 Å². The first kappa shape index (κ1) is 15.5. The van der Waals surface area contributed by atoms with Crippen LogP contribution in [0.15, 0.2) is 24.3 Å². The molecule has 0 aliphatic rings. The summed E-state index contributed by atoms with van der Waals surface area (Å²) < 4.78 is 0. The third-order valence-corrected chi connectivity index (χ3v) is 2.85.